The second-order valence-electron chi connectivity index (χ2n) is 6.91. The van der Waals surface area contributed by atoms with Crippen LogP contribution in [-0.4, -0.2) is 59.2 Å². The van der Waals surface area contributed by atoms with Crippen LogP contribution < -0.4 is 15.0 Å². The summed E-state index contributed by atoms with van der Waals surface area (Å²) < 4.78 is 5.59. The Morgan fingerprint density at radius 2 is 1.68 bits per heavy atom. The van der Waals surface area contributed by atoms with E-state index in [-0.39, 0.29) is 23.6 Å². The number of amides is 2. The van der Waals surface area contributed by atoms with E-state index in [1.165, 1.54) is 0 Å². The van der Waals surface area contributed by atoms with E-state index in [1.807, 2.05) is 30.9 Å². The summed E-state index contributed by atoms with van der Waals surface area (Å²) >= 11 is 0. The third kappa shape index (κ3) is 4.97. The Bertz CT molecular complexity index is 813. The molecule has 2 amide bonds. The number of ether oxygens (including phenoxy) is 1. The Kier molecular flexibility index (Phi) is 6.08. The molecule has 1 aromatic heterocycles. The monoisotopic (exact) mass is 383 g/mol. The number of nitrogens with zero attached hydrogens (tertiary/aromatic N) is 4. The highest BCUT2D eigenvalue weighted by Crippen LogP contribution is 2.18. The number of rotatable bonds is 5. The maximum Gasteiger partial charge on any atom is 0.276 e. The fourth-order valence-corrected chi connectivity index (χ4v) is 2.95. The fraction of sp³-hybridized carbons (Fsp3) is 0.400. The molecule has 0 bridgehead atoms. The highest BCUT2D eigenvalue weighted by atomic mass is 16.5. The third-order valence-electron chi connectivity index (χ3n) is 4.42. The van der Waals surface area contributed by atoms with Crippen molar-refractivity contribution in [3.63, 3.8) is 0 Å². The minimum atomic E-state index is -0.321. The predicted molar refractivity (Wildman–Crippen MR) is 107 cm³/mol. The SMILES string of the molecule is CC(=O)N1CCN(c2ccc(C(=O)Nc3ccc(OC(C)C)cc3)nn2)CC1. The number of carbonyl (C=O) groups excluding carboxylic acids is 2. The molecule has 2 heterocycles. The molecule has 0 spiro atoms. The zero-order valence-electron chi connectivity index (χ0n) is 16.4. The fourth-order valence-electron chi connectivity index (χ4n) is 2.95. The zero-order chi connectivity index (χ0) is 20.1. The van der Waals surface area contributed by atoms with Gasteiger partial charge in [-0.2, -0.15) is 0 Å². The number of aromatic nitrogens is 2. The lowest BCUT2D eigenvalue weighted by Crippen LogP contribution is -2.48. The van der Waals surface area contributed by atoms with Crippen molar-refractivity contribution < 1.29 is 14.3 Å². The molecule has 1 N–H and O–H groups in total. The molecule has 0 atom stereocenters. The number of anilines is 2. The van der Waals surface area contributed by atoms with Crippen molar-refractivity contribution in [3.05, 3.63) is 42.1 Å². The normalized spacial score (nSPS) is 14.1. The summed E-state index contributed by atoms with van der Waals surface area (Å²) in [6.45, 7) is 8.22. The zero-order valence-corrected chi connectivity index (χ0v) is 16.4. The van der Waals surface area contributed by atoms with E-state index in [2.05, 4.69) is 20.4 Å². The number of nitrogens with one attached hydrogen (secondary N) is 1. The van der Waals surface area contributed by atoms with Gasteiger partial charge >= 0.3 is 0 Å². The summed E-state index contributed by atoms with van der Waals surface area (Å²) in [5.41, 5.74) is 0.904. The van der Waals surface area contributed by atoms with Gasteiger partial charge in [-0.05, 0) is 50.2 Å². The van der Waals surface area contributed by atoms with Crippen molar-refractivity contribution in [2.45, 2.75) is 26.9 Å². The van der Waals surface area contributed by atoms with E-state index >= 15 is 0 Å². The van der Waals surface area contributed by atoms with Gasteiger partial charge in [0.1, 0.15) is 5.75 Å². The van der Waals surface area contributed by atoms with Gasteiger partial charge in [0.05, 0.1) is 6.10 Å². The Morgan fingerprint density at radius 3 is 2.21 bits per heavy atom. The summed E-state index contributed by atoms with van der Waals surface area (Å²) in [7, 11) is 0. The maximum absolute atomic E-state index is 12.4. The molecule has 1 aliphatic heterocycles. The molecule has 8 heteroatoms. The number of carbonyl (C=O) groups is 2. The van der Waals surface area contributed by atoms with Gasteiger partial charge in [0.2, 0.25) is 5.91 Å². The molecular formula is C20H25N5O3. The molecule has 2 aromatic rings. The molecule has 0 unspecified atom stereocenters. The van der Waals surface area contributed by atoms with Gasteiger partial charge in [0, 0.05) is 38.8 Å². The molecule has 28 heavy (non-hydrogen) atoms. The topological polar surface area (TPSA) is 87.7 Å². The quantitative estimate of drug-likeness (QED) is 0.852. The van der Waals surface area contributed by atoms with Crippen molar-refractivity contribution >= 4 is 23.3 Å². The van der Waals surface area contributed by atoms with Crippen molar-refractivity contribution in [3.8, 4) is 5.75 Å². The van der Waals surface area contributed by atoms with Crippen molar-refractivity contribution in [1.82, 2.24) is 15.1 Å². The Morgan fingerprint density at radius 1 is 1.00 bits per heavy atom. The van der Waals surface area contributed by atoms with Gasteiger partial charge in [0.15, 0.2) is 11.5 Å². The maximum atomic E-state index is 12.4. The third-order valence-corrected chi connectivity index (χ3v) is 4.42. The van der Waals surface area contributed by atoms with Gasteiger partial charge < -0.3 is 19.9 Å². The van der Waals surface area contributed by atoms with E-state index in [0.717, 1.165) is 5.75 Å². The number of piperazine rings is 1. The van der Waals surface area contributed by atoms with Crippen LogP contribution in [0.15, 0.2) is 36.4 Å². The highest BCUT2D eigenvalue weighted by molar-refractivity contribution is 6.02. The predicted octanol–water partition coefficient (Wildman–Crippen LogP) is 2.18. The summed E-state index contributed by atoms with van der Waals surface area (Å²) in [5.74, 6) is 1.22. The average Bonchev–Trinajstić information content (AvgIpc) is 2.69. The van der Waals surface area contributed by atoms with Crippen LogP contribution >= 0.6 is 0 Å². The van der Waals surface area contributed by atoms with Crippen LogP contribution in [0.5, 0.6) is 5.75 Å². The van der Waals surface area contributed by atoms with Crippen molar-refractivity contribution in [2.24, 2.45) is 0 Å². The van der Waals surface area contributed by atoms with Crippen LogP contribution in [0.1, 0.15) is 31.3 Å². The van der Waals surface area contributed by atoms with Crippen LogP contribution in [0.2, 0.25) is 0 Å². The van der Waals surface area contributed by atoms with Gasteiger partial charge in [0.25, 0.3) is 5.91 Å². The Labute approximate surface area is 164 Å². The van der Waals surface area contributed by atoms with E-state index < -0.39 is 0 Å². The molecule has 1 aromatic carbocycles. The van der Waals surface area contributed by atoms with Crippen molar-refractivity contribution in [1.29, 1.82) is 0 Å². The van der Waals surface area contributed by atoms with Crippen molar-refractivity contribution in [2.75, 3.05) is 36.4 Å². The Balaban J connectivity index is 1.57. The second-order valence-corrected chi connectivity index (χ2v) is 6.91. The second kappa shape index (κ2) is 8.69. The molecule has 0 saturated carbocycles. The first-order chi connectivity index (χ1) is 13.4. The first kappa shape index (κ1) is 19.6. The van der Waals surface area contributed by atoms with Crippen LogP contribution in [-0.2, 0) is 4.79 Å². The van der Waals surface area contributed by atoms with Gasteiger partial charge in [-0.25, -0.2) is 0 Å². The smallest absolute Gasteiger partial charge is 0.276 e. The number of hydrogen-bond acceptors (Lipinski definition) is 6. The minimum Gasteiger partial charge on any atom is -0.491 e. The Hall–Kier alpha value is -3.16. The lowest BCUT2D eigenvalue weighted by atomic mass is 10.2. The largest absolute Gasteiger partial charge is 0.491 e. The van der Waals surface area contributed by atoms with Crippen LogP contribution in [0, 0.1) is 0 Å². The van der Waals surface area contributed by atoms with Gasteiger partial charge in [-0.3, -0.25) is 9.59 Å². The first-order valence-electron chi connectivity index (χ1n) is 9.34. The lowest BCUT2D eigenvalue weighted by Gasteiger charge is -2.34. The van der Waals surface area contributed by atoms with Gasteiger partial charge in [-0.1, -0.05) is 0 Å². The van der Waals surface area contributed by atoms with Crippen LogP contribution in [0.4, 0.5) is 11.5 Å². The van der Waals surface area contributed by atoms with E-state index in [1.54, 1.807) is 31.2 Å². The van der Waals surface area contributed by atoms with Crippen LogP contribution in [0.3, 0.4) is 0 Å². The molecule has 1 saturated heterocycles. The molecule has 0 aliphatic carbocycles. The highest BCUT2D eigenvalue weighted by Gasteiger charge is 2.20. The molecule has 0 radical (unpaired) electrons. The number of hydrogen-bond donors (Lipinski definition) is 1. The molecule has 148 valence electrons. The molecular weight excluding hydrogens is 358 g/mol. The summed E-state index contributed by atoms with van der Waals surface area (Å²) in [4.78, 5) is 27.7. The number of benzene rings is 1. The standard InChI is InChI=1S/C20H25N5O3/c1-14(2)28-17-6-4-16(5-7-17)21-20(27)18-8-9-19(23-22-18)25-12-10-24(11-13-25)15(3)26/h4-9,14H,10-13H2,1-3H3,(H,21,27). The van der Waals surface area contributed by atoms with E-state index in [9.17, 15) is 9.59 Å². The first-order valence-corrected chi connectivity index (χ1v) is 9.34. The molecule has 1 aliphatic rings. The van der Waals surface area contributed by atoms with E-state index in [0.29, 0.717) is 37.7 Å². The summed E-state index contributed by atoms with van der Waals surface area (Å²) in [6, 6.07) is 10.6. The summed E-state index contributed by atoms with van der Waals surface area (Å²) in [5, 5.41) is 11.0. The van der Waals surface area contributed by atoms with Crippen LogP contribution in [0.25, 0.3) is 0 Å². The summed E-state index contributed by atoms with van der Waals surface area (Å²) in [6.07, 6.45) is 0.0969. The van der Waals surface area contributed by atoms with E-state index in [4.69, 9.17) is 4.74 Å². The van der Waals surface area contributed by atoms with Gasteiger partial charge in [-0.15, -0.1) is 10.2 Å². The lowest BCUT2D eigenvalue weighted by molar-refractivity contribution is -0.129. The molecule has 1 fully saturated rings. The molecule has 3 rings (SSSR count). The average molecular weight is 383 g/mol. The molecule has 8 nitrogen and oxygen atoms in total. The minimum absolute atomic E-state index is 0.0848.